The van der Waals surface area contributed by atoms with E-state index >= 15 is 0 Å². The van der Waals surface area contributed by atoms with Gasteiger partial charge in [-0.1, -0.05) is 0 Å². The molecule has 84 valence electrons. The van der Waals surface area contributed by atoms with Crippen LogP contribution in [0.25, 0.3) is 0 Å². The molecule has 0 aliphatic heterocycles. The first-order chi connectivity index (χ1) is 6.25. The van der Waals surface area contributed by atoms with Gasteiger partial charge >= 0.3 is 37.7 Å². The molecule has 15 heavy (non-hydrogen) atoms. The summed E-state index contributed by atoms with van der Waals surface area (Å²) in [6.07, 6.45) is 0.167. The van der Waals surface area contributed by atoms with Crippen molar-refractivity contribution in [3.63, 3.8) is 0 Å². The quantitative estimate of drug-likeness (QED) is 0.544. The minimum atomic E-state index is -0.0625. The zero-order chi connectivity index (χ0) is 11.7. The number of rotatable bonds is 4. The summed E-state index contributed by atoms with van der Waals surface area (Å²) in [5.41, 5.74) is 0. The number of hydrogen-bond donors (Lipinski definition) is 0. The van der Waals surface area contributed by atoms with Crippen molar-refractivity contribution in [2.24, 2.45) is 0 Å². The SMILES string of the molecule is CC(=O)CC(C)=O.CC(=O)CC(C)=O.[Ca+2].[H-].[H-]. The summed E-state index contributed by atoms with van der Waals surface area (Å²) in [5, 5.41) is 0. The molecule has 0 aromatic heterocycles. The monoisotopic (exact) mass is 242 g/mol. The van der Waals surface area contributed by atoms with Crippen molar-refractivity contribution in [1.29, 1.82) is 0 Å². The van der Waals surface area contributed by atoms with Crippen molar-refractivity contribution in [2.45, 2.75) is 40.5 Å². The molecule has 0 saturated heterocycles. The third-order valence-corrected chi connectivity index (χ3v) is 0.996. The Bertz CT molecular complexity index is 205. The smallest absolute Gasteiger partial charge is 1.00 e. The average molecular weight is 242 g/mol. The second-order valence-electron chi connectivity index (χ2n) is 3.16. The molecule has 0 aromatic carbocycles. The summed E-state index contributed by atoms with van der Waals surface area (Å²) in [7, 11) is 0. The molecular formula is C10H18CaO4. The third kappa shape index (κ3) is 31.5. The first-order valence-electron chi connectivity index (χ1n) is 4.23. The molecule has 0 rings (SSSR count). The first kappa shape index (κ1) is 20.4. The molecule has 0 aliphatic rings. The Morgan fingerprint density at radius 3 is 0.800 bits per heavy atom. The summed E-state index contributed by atoms with van der Waals surface area (Å²) in [6.45, 7) is 5.62. The van der Waals surface area contributed by atoms with E-state index in [0.29, 0.717) is 0 Å². The van der Waals surface area contributed by atoms with Crippen LogP contribution in [0.15, 0.2) is 0 Å². The molecule has 0 amide bonds. The molecule has 0 aromatic rings. The summed E-state index contributed by atoms with van der Waals surface area (Å²) >= 11 is 0. The Balaban J connectivity index is -0.0000000480. The largest absolute Gasteiger partial charge is 2.00 e. The molecule has 0 spiro atoms. The predicted molar refractivity (Wildman–Crippen MR) is 59.9 cm³/mol. The fraction of sp³-hybridized carbons (Fsp3) is 0.600. The maximum atomic E-state index is 10.0. The van der Waals surface area contributed by atoms with E-state index < -0.39 is 0 Å². The van der Waals surface area contributed by atoms with Crippen molar-refractivity contribution in [3.05, 3.63) is 0 Å². The van der Waals surface area contributed by atoms with Gasteiger partial charge in [-0.25, -0.2) is 0 Å². The van der Waals surface area contributed by atoms with Crippen LogP contribution >= 0.6 is 0 Å². The van der Waals surface area contributed by atoms with Gasteiger partial charge in [-0.15, -0.1) is 0 Å². The molecular weight excluding hydrogens is 224 g/mol. The normalized spacial score (nSPS) is 7.73. The average Bonchev–Trinajstić information content (AvgIpc) is 1.79. The van der Waals surface area contributed by atoms with Crippen molar-refractivity contribution in [3.8, 4) is 0 Å². The Morgan fingerprint density at radius 2 is 0.800 bits per heavy atom. The first-order valence-corrected chi connectivity index (χ1v) is 4.23. The molecule has 0 aliphatic carbocycles. The minimum absolute atomic E-state index is 0. The van der Waals surface area contributed by atoms with E-state index in [9.17, 15) is 19.2 Å². The number of ketones is 4. The molecule has 0 N–H and O–H groups in total. The van der Waals surface area contributed by atoms with Crippen molar-refractivity contribution >= 4 is 60.9 Å². The Hall–Kier alpha value is -0.0603. The van der Waals surface area contributed by atoms with Gasteiger partial charge in [0.1, 0.15) is 23.1 Å². The van der Waals surface area contributed by atoms with E-state index in [1.165, 1.54) is 27.7 Å². The van der Waals surface area contributed by atoms with Crippen LogP contribution in [-0.4, -0.2) is 60.9 Å². The fourth-order valence-electron chi connectivity index (χ4n) is 0.701. The number of carbonyl (C=O) groups excluding carboxylic acids is 4. The van der Waals surface area contributed by atoms with Gasteiger partial charge in [0.15, 0.2) is 0 Å². The standard InChI is InChI=1S/2C5H8O2.Ca.2H/c2*1-4(6)3-5(2)7;;;/h2*3H2,1-2H3;;;/q;;+2;2*-1. The van der Waals surface area contributed by atoms with Crippen LogP contribution in [0.4, 0.5) is 0 Å². The Kier molecular flexibility index (Phi) is 16.3. The van der Waals surface area contributed by atoms with Gasteiger partial charge in [0, 0.05) is 0 Å². The van der Waals surface area contributed by atoms with E-state index in [-0.39, 0.29) is 76.6 Å². The van der Waals surface area contributed by atoms with Crippen LogP contribution in [0, 0.1) is 0 Å². The van der Waals surface area contributed by atoms with Gasteiger partial charge in [0.2, 0.25) is 0 Å². The van der Waals surface area contributed by atoms with E-state index in [1.54, 1.807) is 0 Å². The molecule has 0 bridgehead atoms. The zero-order valence-corrected chi connectivity index (χ0v) is 12.0. The summed E-state index contributed by atoms with van der Waals surface area (Å²) in [6, 6.07) is 0. The summed E-state index contributed by atoms with van der Waals surface area (Å²) in [5.74, 6) is -0.250. The number of carbonyl (C=O) groups is 4. The van der Waals surface area contributed by atoms with E-state index in [0.717, 1.165) is 0 Å². The van der Waals surface area contributed by atoms with E-state index in [4.69, 9.17) is 0 Å². The molecule has 0 atom stereocenters. The van der Waals surface area contributed by atoms with Crippen LogP contribution in [-0.2, 0) is 19.2 Å². The second kappa shape index (κ2) is 12.0. The predicted octanol–water partition coefficient (Wildman–Crippen LogP) is 0.953. The van der Waals surface area contributed by atoms with E-state index in [1.807, 2.05) is 0 Å². The van der Waals surface area contributed by atoms with Gasteiger partial charge in [-0.05, 0) is 27.7 Å². The van der Waals surface area contributed by atoms with Crippen molar-refractivity contribution in [2.75, 3.05) is 0 Å². The molecule has 0 unspecified atom stereocenters. The topological polar surface area (TPSA) is 68.3 Å². The van der Waals surface area contributed by atoms with Crippen LogP contribution in [0.1, 0.15) is 43.4 Å². The minimum Gasteiger partial charge on any atom is -1.00 e. The van der Waals surface area contributed by atoms with Gasteiger partial charge in [0.05, 0.1) is 12.8 Å². The molecule has 5 heteroatoms. The van der Waals surface area contributed by atoms with Crippen molar-refractivity contribution < 1.29 is 22.0 Å². The molecule has 0 fully saturated rings. The Morgan fingerprint density at radius 1 is 0.667 bits per heavy atom. The molecule has 4 nitrogen and oxygen atoms in total. The van der Waals surface area contributed by atoms with Crippen LogP contribution in [0.3, 0.4) is 0 Å². The van der Waals surface area contributed by atoms with Crippen molar-refractivity contribution in [1.82, 2.24) is 0 Å². The zero-order valence-electron chi connectivity index (χ0n) is 11.8. The summed E-state index contributed by atoms with van der Waals surface area (Å²) < 4.78 is 0. The number of hydrogen-bond acceptors (Lipinski definition) is 4. The van der Waals surface area contributed by atoms with Crippen LogP contribution in [0.2, 0.25) is 0 Å². The van der Waals surface area contributed by atoms with Crippen LogP contribution < -0.4 is 0 Å². The molecule has 0 heterocycles. The second-order valence-corrected chi connectivity index (χ2v) is 3.16. The maximum absolute atomic E-state index is 10.0. The third-order valence-electron chi connectivity index (χ3n) is 0.996. The van der Waals surface area contributed by atoms with Gasteiger partial charge < -0.3 is 2.85 Å². The van der Waals surface area contributed by atoms with E-state index in [2.05, 4.69) is 0 Å². The molecule has 0 radical (unpaired) electrons. The fourth-order valence-corrected chi connectivity index (χ4v) is 0.701. The summed E-state index contributed by atoms with van der Waals surface area (Å²) in [4.78, 5) is 40.1. The van der Waals surface area contributed by atoms with Gasteiger partial charge in [-0.3, -0.25) is 19.2 Å². The maximum Gasteiger partial charge on any atom is 2.00 e. The number of Topliss-reactive ketones (excluding diaryl/α,β-unsaturated/α-hetero) is 4. The van der Waals surface area contributed by atoms with Gasteiger partial charge in [0.25, 0.3) is 0 Å². The van der Waals surface area contributed by atoms with Gasteiger partial charge in [-0.2, -0.15) is 0 Å². The molecule has 0 saturated carbocycles. The van der Waals surface area contributed by atoms with Crippen LogP contribution in [0.5, 0.6) is 0 Å². The Labute approximate surface area is 123 Å².